The van der Waals surface area contributed by atoms with Crippen LogP contribution in [0.1, 0.15) is 0 Å². The Balaban J connectivity index is 1.57. The van der Waals surface area contributed by atoms with Crippen molar-refractivity contribution in [2.24, 2.45) is 0 Å². The molecule has 3 nitrogen and oxygen atoms in total. The van der Waals surface area contributed by atoms with E-state index in [0.717, 1.165) is 71.0 Å². The summed E-state index contributed by atoms with van der Waals surface area (Å²) in [6.45, 7) is 0. The molecular formula is C39H23N3. The second-order valence-corrected chi connectivity index (χ2v) is 10.8. The molecule has 0 saturated heterocycles. The standard InChI is InChI=1S/C39H23N3/c1-6-16-31-24(11-1)23-30-36(40-31)22-21-29(37-25-12-2-7-17-32(25)41-33-18-8-3-13-26(33)37)39(30)38-27-14-4-9-19-34(27)42-35-20-10-5-15-28(35)38/h1-23H. The minimum Gasteiger partial charge on any atom is -0.248 e. The number of benzene rings is 6. The van der Waals surface area contributed by atoms with Crippen molar-refractivity contribution in [3.8, 4) is 22.3 Å². The molecule has 0 aliphatic rings. The Morgan fingerprint density at radius 1 is 0.286 bits per heavy atom. The van der Waals surface area contributed by atoms with Crippen molar-refractivity contribution >= 4 is 65.4 Å². The summed E-state index contributed by atoms with van der Waals surface area (Å²) in [6.07, 6.45) is 0. The maximum Gasteiger partial charge on any atom is 0.0716 e. The molecule has 0 spiro atoms. The molecule has 0 atom stereocenters. The van der Waals surface area contributed by atoms with E-state index in [1.54, 1.807) is 0 Å². The third-order valence-corrected chi connectivity index (χ3v) is 8.39. The number of hydrogen-bond acceptors (Lipinski definition) is 3. The minimum atomic E-state index is 0.972. The Bertz CT molecular complexity index is 2420. The molecule has 3 aromatic heterocycles. The molecule has 9 rings (SSSR count). The van der Waals surface area contributed by atoms with Crippen LogP contribution in [0.3, 0.4) is 0 Å². The second kappa shape index (κ2) is 8.92. The van der Waals surface area contributed by atoms with Crippen molar-refractivity contribution in [1.82, 2.24) is 15.0 Å². The van der Waals surface area contributed by atoms with Gasteiger partial charge < -0.3 is 0 Å². The van der Waals surface area contributed by atoms with Gasteiger partial charge in [-0.2, -0.15) is 0 Å². The van der Waals surface area contributed by atoms with E-state index in [1.165, 1.54) is 16.7 Å². The fraction of sp³-hybridized carbons (Fsp3) is 0. The summed E-state index contributed by atoms with van der Waals surface area (Å²) < 4.78 is 0. The summed E-state index contributed by atoms with van der Waals surface area (Å²) in [7, 11) is 0. The van der Waals surface area contributed by atoms with Crippen LogP contribution in [0.5, 0.6) is 0 Å². The van der Waals surface area contributed by atoms with E-state index in [-0.39, 0.29) is 0 Å². The molecule has 194 valence electrons. The Hall–Kier alpha value is -5.67. The first-order chi connectivity index (χ1) is 20.8. The first-order valence-electron chi connectivity index (χ1n) is 14.2. The molecule has 0 amide bonds. The van der Waals surface area contributed by atoms with E-state index in [9.17, 15) is 0 Å². The zero-order valence-electron chi connectivity index (χ0n) is 22.6. The van der Waals surface area contributed by atoms with Gasteiger partial charge in [-0.25, -0.2) is 15.0 Å². The van der Waals surface area contributed by atoms with Crippen molar-refractivity contribution in [3.05, 3.63) is 140 Å². The zero-order chi connectivity index (χ0) is 27.6. The fourth-order valence-electron chi connectivity index (χ4n) is 6.57. The van der Waals surface area contributed by atoms with Crippen molar-refractivity contribution in [3.63, 3.8) is 0 Å². The van der Waals surface area contributed by atoms with Gasteiger partial charge in [0, 0.05) is 49.0 Å². The molecule has 6 aromatic carbocycles. The number of hydrogen-bond donors (Lipinski definition) is 0. The number of aromatic nitrogens is 3. The molecular weight excluding hydrogens is 510 g/mol. The number of fused-ring (bicyclic) bond motifs is 6. The third kappa shape index (κ3) is 3.37. The Morgan fingerprint density at radius 3 is 1.24 bits per heavy atom. The van der Waals surface area contributed by atoms with Gasteiger partial charge in [0.2, 0.25) is 0 Å². The lowest BCUT2D eigenvalue weighted by atomic mass is 9.85. The highest BCUT2D eigenvalue weighted by Crippen LogP contribution is 2.47. The van der Waals surface area contributed by atoms with Crippen LogP contribution in [0.2, 0.25) is 0 Å². The van der Waals surface area contributed by atoms with Crippen LogP contribution in [0, 0.1) is 0 Å². The van der Waals surface area contributed by atoms with Gasteiger partial charge in [-0.05, 0) is 48.0 Å². The highest BCUT2D eigenvalue weighted by Gasteiger charge is 2.22. The summed E-state index contributed by atoms with van der Waals surface area (Å²) in [4.78, 5) is 15.3. The molecule has 0 fully saturated rings. The Kier molecular flexibility index (Phi) is 4.90. The van der Waals surface area contributed by atoms with Gasteiger partial charge in [-0.1, -0.05) is 97.1 Å². The van der Waals surface area contributed by atoms with Crippen molar-refractivity contribution in [2.45, 2.75) is 0 Å². The second-order valence-electron chi connectivity index (χ2n) is 10.8. The molecule has 0 aliphatic heterocycles. The molecule has 0 saturated carbocycles. The van der Waals surface area contributed by atoms with Crippen LogP contribution in [-0.2, 0) is 0 Å². The predicted octanol–water partition coefficient (Wildman–Crippen LogP) is 10.1. The van der Waals surface area contributed by atoms with Crippen LogP contribution in [0.4, 0.5) is 0 Å². The summed E-state index contributed by atoms with van der Waals surface area (Å²) in [6, 6.07) is 49.0. The van der Waals surface area contributed by atoms with Crippen LogP contribution in [0.25, 0.3) is 87.7 Å². The summed E-state index contributed by atoms with van der Waals surface area (Å²) >= 11 is 0. The smallest absolute Gasteiger partial charge is 0.0716 e. The monoisotopic (exact) mass is 533 g/mol. The first-order valence-corrected chi connectivity index (χ1v) is 14.2. The molecule has 3 heterocycles. The van der Waals surface area contributed by atoms with E-state index in [0.29, 0.717) is 0 Å². The molecule has 0 bridgehead atoms. The number of rotatable bonds is 2. The Labute approximate surface area is 241 Å². The van der Waals surface area contributed by atoms with Gasteiger partial charge in [-0.3, -0.25) is 0 Å². The van der Waals surface area contributed by atoms with Gasteiger partial charge in [0.15, 0.2) is 0 Å². The highest BCUT2D eigenvalue weighted by atomic mass is 14.7. The lowest BCUT2D eigenvalue weighted by Gasteiger charge is -2.20. The normalized spacial score (nSPS) is 11.8. The van der Waals surface area contributed by atoms with Gasteiger partial charge in [0.25, 0.3) is 0 Å². The fourth-order valence-corrected chi connectivity index (χ4v) is 6.57. The lowest BCUT2D eigenvalue weighted by Crippen LogP contribution is -1.96. The third-order valence-electron chi connectivity index (χ3n) is 8.39. The quantitative estimate of drug-likeness (QED) is 0.208. The van der Waals surface area contributed by atoms with Crippen molar-refractivity contribution in [2.75, 3.05) is 0 Å². The Morgan fingerprint density at radius 2 is 0.690 bits per heavy atom. The number of para-hydroxylation sites is 5. The maximum atomic E-state index is 5.16. The molecule has 9 aromatic rings. The average Bonchev–Trinajstić information content (AvgIpc) is 3.05. The van der Waals surface area contributed by atoms with Gasteiger partial charge in [0.05, 0.1) is 33.1 Å². The summed E-state index contributed by atoms with van der Waals surface area (Å²) in [5, 5.41) is 6.76. The van der Waals surface area contributed by atoms with Crippen LogP contribution < -0.4 is 0 Å². The summed E-state index contributed by atoms with van der Waals surface area (Å²) in [5.41, 5.74) is 10.6. The summed E-state index contributed by atoms with van der Waals surface area (Å²) in [5.74, 6) is 0. The van der Waals surface area contributed by atoms with E-state index in [2.05, 4.69) is 140 Å². The molecule has 0 N–H and O–H groups in total. The first kappa shape index (κ1) is 23.1. The SMILES string of the molecule is c1ccc2nc3ccc(-c4c5ccccc5nc5ccccc45)c(-c4c5ccccc5nc5ccccc45)c3cc2c1. The van der Waals surface area contributed by atoms with E-state index >= 15 is 0 Å². The predicted molar refractivity (Wildman–Crippen MR) is 176 cm³/mol. The van der Waals surface area contributed by atoms with E-state index in [1.807, 2.05) is 0 Å². The molecule has 0 unspecified atom stereocenters. The molecule has 0 aliphatic carbocycles. The average molecular weight is 534 g/mol. The van der Waals surface area contributed by atoms with Crippen molar-refractivity contribution in [1.29, 1.82) is 0 Å². The van der Waals surface area contributed by atoms with Crippen LogP contribution in [0.15, 0.2) is 140 Å². The maximum absolute atomic E-state index is 5.16. The molecule has 3 heteroatoms. The van der Waals surface area contributed by atoms with Gasteiger partial charge >= 0.3 is 0 Å². The van der Waals surface area contributed by atoms with Gasteiger partial charge in [-0.15, -0.1) is 0 Å². The van der Waals surface area contributed by atoms with E-state index in [4.69, 9.17) is 15.0 Å². The highest BCUT2D eigenvalue weighted by molar-refractivity contribution is 6.22. The molecule has 42 heavy (non-hydrogen) atoms. The number of nitrogens with zero attached hydrogens (tertiary/aromatic N) is 3. The van der Waals surface area contributed by atoms with Crippen LogP contribution in [-0.4, -0.2) is 15.0 Å². The molecule has 0 radical (unpaired) electrons. The zero-order valence-corrected chi connectivity index (χ0v) is 22.6. The topological polar surface area (TPSA) is 38.7 Å². The van der Waals surface area contributed by atoms with Crippen LogP contribution >= 0.6 is 0 Å². The van der Waals surface area contributed by atoms with Crippen molar-refractivity contribution < 1.29 is 0 Å². The minimum absolute atomic E-state index is 0.972. The lowest BCUT2D eigenvalue weighted by molar-refractivity contribution is 1.48. The largest absolute Gasteiger partial charge is 0.248 e. The number of pyridine rings is 3. The van der Waals surface area contributed by atoms with Gasteiger partial charge in [0.1, 0.15) is 0 Å². The van der Waals surface area contributed by atoms with E-state index < -0.39 is 0 Å².